The first-order chi connectivity index (χ1) is 11.2. The van der Waals surface area contributed by atoms with Gasteiger partial charge in [0.05, 0.1) is 33.0 Å². The number of rotatable bonds is 5. The maximum Gasteiger partial charge on any atom is 0.232 e. The number of aromatic nitrogens is 4. The lowest BCUT2D eigenvalue weighted by Crippen LogP contribution is -1.94. The molecule has 23 heavy (non-hydrogen) atoms. The van der Waals surface area contributed by atoms with Gasteiger partial charge in [-0.1, -0.05) is 11.2 Å². The molecule has 7 heteroatoms. The van der Waals surface area contributed by atoms with Crippen LogP contribution >= 0.6 is 0 Å². The predicted octanol–water partition coefficient (Wildman–Crippen LogP) is 2.44. The average molecular weight is 312 g/mol. The molecule has 1 aromatic carbocycles. The Hall–Kier alpha value is -2.96. The highest BCUT2D eigenvalue weighted by molar-refractivity contribution is 5.46. The van der Waals surface area contributed by atoms with Crippen molar-refractivity contribution in [2.24, 2.45) is 0 Å². The van der Waals surface area contributed by atoms with Crippen LogP contribution in [0.1, 0.15) is 17.0 Å². The smallest absolute Gasteiger partial charge is 0.232 e. The van der Waals surface area contributed by atoms with Crippen molar-refractivity contribution in [2.75, 3.05) is 14.2 Å². The summed E-state index contributed by atoms with van der Waals surface area (Å²) in [6.45, 7) is 2.02. The van der Waals surface area contributed by atoms with E-state index in [9.17, 15) is 0 Å². The lowest BCUT2D eigenvalue weighted by atomic mass is 10.1. The van der Waals surface area contributed by atoms with Crippen LogP contribution in [-0.2, 0) is 6.42 Å². The lowest BCUT2D eigenvalue weighted by Gasteiger charge is -2.05. The summed E-state index contributed by atoms with van der Waals surface area (Å²) in [5.74, 6) is 2.18. The fraction of sp³-hybridized carbons (Fsp3) is 0.250. The van der Waals surface area contributed by atoms with Crippen molar-refractivity contribution < 1.29 is 14.0 Å². The van der Waals surface area contributed by atoms with E-state index in [2.05, 4.69) is 20.1 Å². The Morgan fingerprint density at radius 1 is 1.09 bits per heavy atom. The molecule has 0 spiro atoms. The normalized spacial score (nSPS) is 10.6. The number of nitrogens with zero attached hydrogens (tertiary/aromatic N) is 4. The van der Waals surface area contributed by atoms with Gasteiger partial charge in [0.25, 0.3) is 0 Å². The van der Waals surface area contributed by atoms with Gasteiger partial charge >= 0.3 is 0 Å². The highest BCUT2D eigenvalue weighted by Gasteiger charge is 2.12. The molecule has 0 bridgehead atoms. The highest BCUT2D eigenvalue weighted by Crippen LogP contribution is 2.20. The minimum Gasteiger partial charge on any atom is -0.497 e. The number of ether oxygens (including phenoxy) is 2. The topological polar surface area (TPSA) is 83.2 Å². The van der Waals surface area contributed by atoms with Gasteiger partial charge in [-0.3, -0.25) is 0 Å². The highest BCUT2D eigenvalue weighted by atomic mass is 16.5. The molecule has 0 atom stereocenters. The van der Waals surface area contributed by atoms with Crippen LogP contribution in [0.25, 0.3) is 11.5 Å². The molecule has 2 heterocycles. The Morgan fingerprint density at radius 2 is 1.96 bits per heavy atom. The van der Waals surface area contributed by atoms with E-state index in [1.165, 1.54) is 13.3 Å². The zero-order valence-electron chi connectivity index (χ0n) is 13.1. The van der Waals surface area contributed by atoms with Gasteiger partial charge in [-0.05, 0) is 30.2 Å². The molecular formula is C16H16N4O3. The number of hydrogen-bond acceptors (Lipinski definition) is 7. The van der Waals surface area contributed by atoms with E-state index in [0.717, 1.165) is 16.9 Å². The van der Waals surface area contributed by atoms with Crippen LogP contribution in [0, 0.1) is 6.92 Å². The van der Waals surface area contributed by atoms with Gasteiger partial charge in [-0.2, -0.15) is 4.98 Å². The van der Waals surface area contributed by atoms with Gasteiger partial charge < -0.3 is 14.0 Å². The quantitative estimate of drug-likeness (QED) is 0.715. The molecule has 0 aliphatic heterocycles. The Labute approximate surface area is 133 Å². The van der Waals surface area contributed by atoms with Gasteiger partial charge in [-0.25, -0.2) is 9.97 Å². The van der Waals surface area contributed by atoms with E-state index in [1.807, 2.05) is 25.1 Å². The molecule has 0 aliphatic rings. The first-order valence-corrected chi connectivity index (χ1v) is 7.02. The molecule has 0 saturated heterocycles. The molecule has 7 nitrogen and oxygen atoms in total. The van der Waals surface area contributed by atoms with Crippen LogP contribution in [0.2, 0.25) is 0 Å². The Balaban J connectivity index is 1.79. The Kier molecular flexibility index (Phi) is 4.18. The van der Waals surface area contributed by atoms with E-state index in [4.69, 9.17) is 14.0 Å². The minimum absolute atomic E-state index is 0.404. The number of methoxy groups -OCH3 is 2. The summed E-state index contributed by atoms with van der Waals surface area (Å²) in [4.78, 5) is 12.6. The zero-order valence-corrected chi connectivity index (χ0v) is 13.1. The minimum atomic E-state index is 0.404. The zero-order chi connectivity index (χ0) is 16.2. The van der Waals surface area contributed by atoms with Crippen LogP contribution in [0.3, 0.4) is 0 Å². The number of benzene rings is 1. The monoisotopic (exact) mass is 312 g/mol. The van der Waals surface area contributed by atoms with Crippen molar-refractivity contribution in [3.63, 3.8) is 0 Å². The number of hydrogen-bond donors (Lipinski definition) is 0. The second-order valence-electron chi connectivity index (χ2n) is 4.92. The Morgan fingerprint density at radius 3 is 2.61 bits per heavy atom. The summed E-state index contributed by atoms with van der Waals surface area (Å²) in [7, 11) is 3.18. The van der Waals surface area contributed by atoms with Gasteiger partial charge in [0, 0.05) is 0 Å². The largest absolute Gasteiger partial charge is 0.497 e. The van der Waals surface area contributed by atoms with Crippen molar-refractivity contribution in [3.05, 3.63) is 47.6 Å². The molecule has 0 unspecified atom stereocenters. The SMILES string of the molecule is COc1ccc(Cc2nc(-c3cnc(OC)cn3)no2)c(C)c1. The van der Waals surface area contributed by atoms with Gasteiger partial charge in [0.1, 0.15) is 11.4 Å². The summed E-state index contributed by atoms with van der Waals surface area (Å²) < 4.78 is 15.5. The molecule has 0 fully saturated rings. The van der Waals surface area contributed by atoms with E-state index < -0.39 is 0 Å². The molecular weight excluding hydrogens is 296 g/mol. The van der Waals surface area contributed by atoms with Crippen molar-refractivity contribution in [1.82, 2.24) is 20.1 Å². The third kappa shape index (κ3) is 3.28. The molecule has 0 N–H and O–H groups in total. The fourth-order valence-corrected chi connectivity index (χ4v) is 2.12. The van der Waals surface area contributed by atoms with Crippen LogP contribution in [0.15, 0.2) is 35.1 Å². The van der Waals surface area contributed by atoms with E-state index in [-0.39, 0.29) is 0 Å². The van der Waals surface area contributed by atoms with Crippen molar-refractivity contribution in [3.8, 4) is 23.1 Å². The lowest BCUT2D eigenvalue weighted by molar-refractivity contribution is 0.385. The predicted molar refractivity (Wildman–Crippen MR) is 82.4 cm³/mol. The standard InChI is InChI=1S/C16H16N4O3/c1-10-6-12(21-2)5-4-11(10)7-14-19-16(20-23-14)13-8-18-15(22-3)9-17-13/h4-6,8-9H,7H2,1-3H3. The summed E-state index contributed by atoms with van der Waals surface area (Å²) >= 11 is 0. The van der Waals surface area contributed by atoms with E-state index >= 15 is 0 Å². The molecule has 2 aromatic heterocycles. The van der Waals surface area contributed by atoms with E-state index in [0.29, 0.717) is 29.7 Å². The molecule has 3 rings (SSSR count). The maximum atomic E-state index is 5.30. The molecule has 0 radical (unpaired) electrons. The van der Waals surface area contributed by atoms with Crippen molar-refractivity contribution in [1.29, 1.82) is 0 Å². The molecule has 0 saturated carbocycles. The molecule has 118 valence electrons. The van der Waals surface area contributed by atoms with Crippen LogP contribution in [0.4, 0.5) is 0 Å². The summed E-state index contributed by atoms with van der Waals surface area (Å²) in [6, 6.07) is 5.88. The van der Waals surface area contributed by atoms with Crippen LogP contribution in [0.5, 0.6) is 11.6 Å². The van der Waals surface area contributed by atoms with E-state index in [1.54, 1.807) is 13.3 Å². The first kappa shape index (κ1) is 15.0. The second-order valence-corrected chi connectivity index (χ2v) is 4.92. The molecule has 0 amide bonds. The first-order valence-electron chi connectivity index (χ1n) is 7.02. The van der Waals surface area contributed by atoms with Crippen LogP contribution in [-0.4, -0.2) is 34.3 Å². The van der Waals surface area contributed by atoms with Gasteiger partial charge in [-0.15, -0.1) is 0 Å². The number of aryl methyl sites for hydroxylation is 1. The maximum absolute atomic E-state index is 5.30. The average Bonchev–Trinajstić information content (AvgIpc) is 3.05. The van der Waals surface area contributed by atoms with Crippen molar-refractivity contribution in [2.45, 2.75) is 13.3 Å². The third-order valence-electron chi connectivity index (χ3n) is 3.43. The van der Waals surface area contributed by atoms with Crippen molar-refractivity contribution >= 4 is 0 Å². The third-order valence-corrected chi connectivity index (χ3v) is 3.43. The summed E-state index contributed by atoms with van der Waals surface area (Å²) in [5.41, 5.74) is 2.74. The van der Waals surface area contributed by atoms with Gasteiger partial charge in [0.2, 0.25) is 17.6 Å². The second kappa shape index (κ2) is 6.43. The fourth-order valence-electron chi connectivity index (χ4n) is 2.12. The molecule has 3 aromatic rings. The van der Waals surface area contributed by atoms with Crippen LogP contribution < -0.4 is 9.47 Å². The Bertz CT molecular complexity index is 799. The summed E-state index contributed by atoms with van der Waals surface area (Å²) in [6.07, 6.45) is 3.61. The molecule has 0 aliphatic carbocycles. The summed E-state index contributed by atoms with van der Waals surface area (Å²) in [5, 5.41) is 3.95. The van der Waals surface area contributed by atoms with Gasteiger partial charge in [0.15, 0.2) is 0 Å².